The van der Waals surface area contributed by atoms with E-state index in [1.54, 1.807) is 11.3 Å². The molecule has 2 heterocycles. The molecule has 0 atom stereocenters. The molecule has 0 spiro atoms. The summed E-state index contributed by atoms with van der Waals surface area (Å²) in [6.45, 7) is 5.27. The number of hydrogen-bond donors (Lipinski definition) is 0. The minimum absolute atomic E-state index is 0.197. The van der Waals surface area contributed by atoms with Crippen molar-refractivity contribution >= 4 is 17.3 Å². The molecular formula is C11H15NO2S. The molecule has 0 N–H and O–H groups in total. The van der Waals surface area contributed by atoms with Crippen molar-refractivity contribution in [3.8, 4) is 0 Å². The average molecular weight is 225 g/mol. The van der Waals surface area contributed by atoms with E-state index in [0.717, 1.165) is 31.6 Å². The number of methoxy groups -OCH3 is 1. The molecule has 0 unspecified atom stereocenters. The Morgan fingerprint density at radius 2 is 2.47 bits per heavy atom. The zero-order valence-electron chi connectivity index (χ0n) is 9.08. The third kappa shape index (κ3) is 1.92. The lowest BCUT2D eigenvalue weighted by atomic mass is 10.0. The lowest BCUT2D eigenvalue weighted by molar-refractivity contribution is 0.0599. The Balaban J connectivity index is 2.26. The second-order valence-corrected chi connectivity index (χ2v) is 4.63. The predicted molar refractivity (Wildman–Crippen MR) is 60.3 cm³/mol. The van der Waals surface area contributed by atoms with Gasteiger partial charge in [-0.2, -0.15) is 0 Å². The summed E-state index contributed by atoms with van der Waals surface area (Å²) in [6, 6.07) is 0. The highest BCUT2D eigenvalue weighted by Crippen LogP contribution is 2.28. The Labute approximate surface area is 93.7 Å². The molecule has 1 aliphatic heterocycles. The number of carbonyl (C=O) groups is 1. The summed E-state index contributed by atoms with van der Waals surface area (Å²) in [6.07, 6.45) is 0.969. The standard InChI is InChI=1S/C11H15NO2S/c1-3-12-5-4-8-9(11(13)14-2)7-15-10(8)6-12/h7H,3-6H2,1-2H3. The molecule has 0 bridgehead atoms. The first-order valence-corrected chi connectivity index (χ1v) is 6.04. The number of likely N-dealkylation sites (N-methyl/N-ethyl adjacent to an activating group) is 1. The van der Waals surface area contributed by atoms with E-state index in [1.165, 1.54) is 17.6 Å². The molecule has 1 aliphatic rings. The molecule has 1 aromatic heterocycles. The van der Waals surface area contributed by atoms with Crippen LogP contribution in [-0.4, -0.2) is 31.1 Å². The van der Waals surface area contributed by atoms with Crippen molar-refractivity contribution in [1.29, 1.82) is 0 Å². The maximum Gasteiger partial charge on any atom is 0.338 e. The first kappa shape index (κ1) is 10.6. The van der Waals surface area contributed by atoms with Crippen LogP contribution in [0.3, 0.4) is 0 Å². The lowest BCUT2D eigenvalue weighted by Crippen LogP contribution is -2.29. The van der Waals surface area contributed by atoms with Crippen molar-refractivity contribution in [2.75, 3.05) is 20.2 Å². The van der Waals surface area contributed by atoms with Crippen LogP contribution in [0.5, 0.6) is 0 Å². The fourth-order valence-corrected chi connectivity index (χ4v) is 3.04. The lowest BCUT2D eigenvalue weighted by Gasteiger charge is -2.25. The quantitative estimate of drug-likeness (QED) is 0.720. The van der Waals surface area contributed by atoms with Crippen LogP contribution in [-0.2, 0) is 17.7 Å². The number of thiophene rings is 1. The van der Waals surface area contributed by atoms with Crippen LogP contribution in [0.2, 0.25) is 0 Å². The van der Waals surface area contributed by atoms with Gasteiger partial charge in [0, 0.05) is 23.3 Å². The van der Waals surface area contributed by atoms with Crippen molar-refractivity contribution in [3.63, 3.8) is 0 Å². The molecule has 0 amide bonds. The van der Waals surface area contributed by atoms with Crippen LogP contribution in [0.1, 0.15) is 27.7 Å². The number of rotatable bonds is 2. The van der Waals surface area contributed by atoms with E-state index in [0.29, 0.717) is 0 Å². The van der Waals surface area contributed by atoms with Crippen molar-refractivity contribution in [2.45, 2.75) is 19.9 Å². The van der Waals surface area contributed by atoms with Gasteiger partial charge in [0.25, 0.3) is 0 Å². The number of ether oxygens (including phenoxy) is 1. The minimum atomic E-state index is -0.197. The first-order chi connectivity index (χ1) is 7.26. The normalized spacial score (nSPS) is 16.1. The van der Waals surface area contributed by atoms with Gasteiger partial charge in [0.15, 0.2) is 0 Å². The van der Waals surface area contributed by atoms with Gasteiger partial charge in [-0.25, -0.2) is 4.79 Å². The van der Waals surface area contributed by atoms with E-state index in [1.807, 2.05) is 5.38 Å². The molecule has 0 fully saturated rings. The summed E-state index contributed by atoms with van der Waals surface area (Å²) in [5.74, 6) is -0.197. The third-order valence-corrected chi connectivity index (χ3v) is 3.89. The van der Waals surface area contributed by atoms with Crippen LogP contribution in [0.15, 0.2) is 5.38 Å². The molecule has 2 rings (SSSR count). The number of nitrogens with zero attached hydrogens (tertiary/aromatic N) is 1. The maximum absolute atomic E-state index is 11.5. The molecule has 3 nitrogen and oxygen atoms in total. The van der Waals surface area contributed by atoms with E-state index in [4.69, 9.17) is 4.74 Å². The monoisotopic (exact) mass is 225 g/mol. The molecule has 15 heavy (non-hydrogen) atoms. The number of esters is 1. The highest BCUT2D eigenvalue weighted by molar-refractivity contribution is 7.10. The fourth-order valence-electron chi connectivity index (χ4n) is 1.93. The van der Waals surface area contributed by atoms with Gasteiger partial charge in [-0.3, -0.25) is 4.90 Å². The SMILES string of the molecule is CCN1CCc2c(C(=O)OC)csc2C1. The topological polar surface area (TPSA) is 29.5 Å². The van der Waals surface area contributed by atoms with Gasteiger partial charge >= 0.3 is 5.97 Å². The Hall–Kier alpha value is -0.870. The smallest absolute Gasteiger partial charge is 0.338 e. The van der Waals surface area contributed by atoms with Crippen molar-refractivity contribution in [3.05, 3.63) is 21.4 Å². The van der Waals surface area contributed by atoms with E-state index >= 15 is 0 Å². The Kier molecular flexibility index (Phi) is 3.07. The third-order valence-electron chi connectivity index (χ3n) is 2.88. The predicted octanol–water partition coefficient (Wildman–Crippen LogP) is 1.91. The van der Waals surface area contributed by atoms with Crippen LogP contribution >= 0.6 is 11.3 Å². The van der Waals surface area contributed by atoms with Crippen LogP contribution in [0, 0.1) is 0 Å². The van der Waals surface area contributed by atoms with E-state index in [9.17, 15) is 4.79 Å². The van der Waals surface area contributed by atoms with Crippen molar-refractivity contribution < 1.29 is 9.53 Å². The Bertz CT molecular complexity index is 373. The number of hydrogen-bond acceptors (Lipinski definition) is 4. The molecule has 4 heteroatoms. The van der Waals surface area contributed by atoms with Crippen LogP contribution in [0.25, 0.3) is 0 Å². The summed E-state index contributed by atoms with van der Waals surface area (Å²) in [5, 5.41) is 1.93. The Morgan fingerprint density at radius 1 is 1.67 bits per heavy atom. The van der Waals surface area contributed by atoms with E-state index in [-0.39, 0.29) is 5.97 Å². The fraction of sp³-hybridized carbons (Fsp3) is 0.545. The molecule has 0 aromatic carbocycles. The van der Waals surface area contributed by atoms with Gasteiger partial charge < -0.3 is 4.74 Å². The summed E-state index contributed by atoms with van der Waals surface area (Å²) in [5.41, 5.74) is 1.98. The van der Waals surface area contributed by atoms with Crippen LogP contribution in [0.4, 0.5) is 0 Å². The molecule has 0 radical (unpaired) electrons. The molecule has 0 saturated heterocycles. The largest absolute Gasteiger partial charge is 0.465 e. The van der Waals surface area contributed by atoms with Crippen LogP contribution < -0.4 is 0 Å². The van der Waals surface area contributed by atoms with Gasteiger partial charge in [0.1, 0.15) is 0 Å². The van der Waals surface area contributed by atoms with Gasteiger partial charge in [0.2, 0.25) is 0 Å². The summed E-state index contributed by atoms with van der Waals surface area (Å²) < 4.78 is 4.77. The maximum atomic E-state index is 11.5. The van der Waals surface area contributed by atoms with E-state index in [2.05, 4.69) is 11.8 Å². The molecular weight excluding hydrogens is 210 g/mol. The van der Waals surface area contributed by atoms with Gasteiger partial charge in [-0.15, -0.1) is 11.3 Å². The van der Waals surface area contributed by atoms with Crippen molar-refractivity contribution in [2.24, 2.45) is 0 Å². The van der Waals surface area contributed by atoms with Gasteiger partial charge in [-0.05, 0) is 18.5 Å². The average Bonchev–Trinajstić information content (AvgIpc) is 2.70. The van der Waals surface area contributed by atoms with Crippen molar-refractivity contribution in [1.82, 2.24) is 4.90 Å². The zero-order chi connectivity index (χ0) is 10.8. The zero-order valence-corrected chi connectivity index (χ0v) is 9.89. The number of fused-ring (bicyclic) bond motifs is 1. The highest BCUT2D eigenvalue weighted by Gasteiger charge is 2.23. The summed E-state index contributed by atoms with van der Waals surface area (Å²) in [4.78, 5) is 15.2. The molecule has 0 saturated carbocycles. The molecule has 0 aliphatic carbocycles. The molecule has 1 aromatic rings. The Morgan fingerprint density at radius 3 is 3.13 bits per heavy atom. The summed E-state index contributed by atoms with van der Waals surface area (Å²) >= 11 is 1.67. The summed E-state index contributed by atoms with van der Waals surface area (Å²) in [7, 11) is 1.44. The second-order valence-electron chi connectivity index (χ2n) is 3.66. The number of carbonyl (C=O) groups excluding carboxylic acids is 1. The minimum Gasteiger partial charge on any atom is -0.465 e. The van der Waals surface area contributed by atoms with Gasteiger partial charge in [0.05, 0.1) is 12.7 Å². The highest BCUT2D eigenvalue weighted by atomic mass is 32.1. The van der Waals surface area contributed by atoms with E-state index < -0.39 is 0 Å². The van der Waals surface area contributed by atoms with Gasteiger partial charge in [-0.1, -0.05) is 6.92 Å². The molecule has 82 valence electrons. The first-order valence-electron chi connectivity index (χ1n) is 5.16. The second kappa shape index (κ2) is 4.33.